The standard InChI is InChI=1S/C15H13F3N2O4/c16-15(17,18)24-9-1-2-12-10(7-9)11(8-19-12)13(21)14(22)20-3-5-23-6-4-20/h1-2,7-8,19H,3-6H2. The van der Waals surface area contributed by atoms with Gasteiger partial charge in [-0.3, -0.25) is 9.59 Å². The number of H-pyrrole nitrogens is 1. The number of alkyl halides is 3. The van der Waals surface area contributed by atoms with Crippen molar-refractivity contribution in [1.82, 2.24) is 9.88 Å². The van der Waals surface area contributed by atoms with Crippen LogP contribution in [0.5, 0.6) is 5.75 Å². The molecule has 0 unspecified atom stereocenters. The summed E-state index contributed by atoms with van der Waals surface area (Å²) < 4.78 is 46.0. The van der Waals surface area contributed by atoms with Crippen LogP contribution in [0.25, 0.3) is 10.9 Å². The Hall–Kier alpha value is -2.55. The Morgan fingerprint density at radius 2 is 1.92 bits per heavy atom. The van der Waals surface area contributed by atoms with Gasteiger partial charge in [-0.1, -0.05) is 0 Å². The number of aromatic amines is 1. The van der Waals surface area contributed by atoms with Crippen LogP contribution in [-0.2, 0) is 9.53 Å². The number of ketones is 1. The molecule has 1 aromatic heterocycles. The first-order valence-corrected chi connectivity index (χ1v) is 7.13. The number of nitrogens with zero attached hydrogens (tertiary/aromatic N) is 1. The normalized spacial score (nSPS) is 15.5. The summed E-state index contributed by atoms with van der Waals surface area (Å²) in [5, 5.41) is 0.198. The van der Waals surface area contributed by atoms with Crippen LogP contribution < -0.4 is 4.74 Å². The molecule has 1 fully saturated rings. The van der Waals surface area contributed by atoms with Crippen LogP contribution in [0.15, 0.2) is 24.4 Å². The average molecular weight is 342 g/mol. The fourth-order valence-electron chi connectivity index (χ4n) is 2.51. The van der Waals surface area contributed by atoms with Crippen LogP contribution in [0.4, 0.5) is 13.2 Å². The SMILES string of the molecule is O=C(C(=O)N1CCOCC1)c1c[nH]c2ccc(OC(F)(F)F)cc12. The van der Waals surface area contributed by atoms with Crippen molar-refractivity contribution >= 4 is 22.6 Å². The molecule has 2 heterocycles. The molecule has 1 aromatic carbocycles. The van der Waals surface area contributed by atoms with Gasteiger partial charge in [0.1, 0.15) is 5.75 Å². The van der Waals surface area contributed by atoms with E-state index in [0.717, 1.165) is 12.1 Å². The number of fused-ring (bicyclic) bond motifs is 1. The summed E-state index contributed by atoms with van der Waals surface area (Å²) in [5.74, 6) is -1.95. The summed E-state index contributed by atoms with van der Waals surface area (Å²) in [4.78, 5) is 28.8. The first kappa shape index (κ1) is 16.3. The van der Waals surface area contributed by atoms with Gasteiger partial charge in [-0.05, 0) is 18.2 Å². The van der Waals surface area contributed by atoms with E-state index in [2.05, 4.69) is 9.72 Å². The predicted octanol–water partition coefficient (Wildman–Crippen LogP) is 2.11. The molecule has 0 atom stereocenters. The predicted molar refractivity (Wildman–Crippen MR) is 76.7 cm³/mol. The fraction of sp³-hybridized carbons (Fsp3) is 0.333. The Balaban J connectivity index is 1.89. The molecule has 1 aliphatic rings. The quantitative estimate of drug-likeness (QED) is 0.685. The first-order valence-electron chi connectivity index (χ1n) is 7.13. The molecule has 3 rings (SSSR count). The summed E-state index contributed by atoms with van der Waals surface area (Å²) >= 11 is 0. The van der Waals surface area contributed by atoms with Crippen LogP contribution in [0.2, 0.25) is 0 Å². The Bertz CT molecular complexity index is 779. The van der Waals surface area contributed by atoms with Crippen LogP contribution in [-0.4, -0.2) is 54.2 Å². The number of nitrogens with one attached hydrogen (secondary N) is 1. The van der Waals surface area contributed by atoms with E-state index in [1.165, 1.54) is 17.2 Å². The van der Waals surface area contributed by atoms with Gasteiger partial charge < -0.3 is 19.4 Å². The highest BCUT2D eigenvalue weighted by Crippen LogP contribution is 2.28. The van der Waals surface area contributed by atoms with E-state index in [1.54, 1.807) is 0 Å². The van der Waals surface area contributed by atoms with Crippen molar-refractivity contribution < 1.29 is 32.2 Å². The Morgan fingerprint density at radius 1 is 1.21 bits per heavy atom. The third-order valence-electron chi connectivity index (χ3n) is 3.62. The molecule has 24 heavy (non-hydrogen) atoms. The molecule has 6 nitrogen and oxygen atoms in total. The van der Waals surface area contributed by atoms with E-state index in [1.807, 2.05) is 0 Å². The number of amides is 1. The lowest BCUT2D eigenvalue weighted by molar-refractivity contribution is -0.274. The molecule has 9 heteroatoms. The Labute approximate surface area is 134 Å². The van der Waals surface area contributed by atoms with E-state index >= 15 is 0 Å². The summed E-state index contributed by atoms with van der Waals surface area (Å²) in [6, 6.07) is 3.57. The maximum Gasteiger partial charge on any atom is 0.573 e. The van der Waals surface area contributed by atoms with Crippen molar-refractivity contribution in [1.29, 1.82) is 0 Å². The number of rotatable bonds is 3. The molecule has 0 spiro atoms. The average Bonchev–Trinajstić information content (AvgIpc) is 2.96. The van der Waals surface area contributed by atoms with E-state index in [-0.39, 0.29) is 10.9 Å². The third kappa shape index (κ3) is 3.35. The molecule has 0 saturated carbocycles. The minimum absolute atomic E-state index is 0.00844. The van der Waals surface area contributed by atoms with Gasteiger partial charge in [0.05, 0.1) is 18.8 Å². The second-order valence-corrected chi connectivity index (χ2v) is 5.19. The van der Waals surface area contributed by atoms with Crippen molar-refractivity contribution in [3.8, 4) is 5.75 Å². The third-order valence-corrected chi connectivity index (χ3v) is 3.62. The lowest BCUT2D eigenvalue weighted by Crippen LogP contribution is -2.44. The van der Waals surface area contributed by atoms with Gasteiger partial charge >= 0.3 is 6.36 Å². The molecule has 128 valence electrons. The van der Waals surface area contributed by atoms with Crippen molar-refractivity contribution in [2.75, 3.05) is 26.3 Å². The molecule has 1 aliphatic heterocycles. The van der Waals surface area contributed by atoms with E-state index in [9.17, 15) is 22.8 Å². The summed E-state index contributed by atoms with van der Waals surface area (Å²) in [6.45, 7) is 1.29. The van der Waals surface area contributed by atoms with Crippen molar-refractivity contribution in [2.45, 2.75) is 6.36 Å². The van der Waals surface area contributed by atoms with Gasteiger partial charge in [-0.15, -0.1) is 13.2 Å². The number of hydrogen-bond donors (Lipinski definition) is 1. The van der Waals surface area contributed by atoms with Crippen molar-refractivity contribution in [2.24, 2.45) is 0 Å². The van der Waals surface area contributed by atoms with E-state index in [4.69, 9.17) is 4.74 Å². The van der Waals surface area contributed by atoms with Gasteiger partial charge in [-0.2, -0.15) is 0 Å². The molecule has 2 aromatic rings. The van der Waals surface area contributed by atoms with Gasteiger partial charge in [0, 0.05) is 30.2 Å². The number of aromatic nitrogens is 1. The summed E-state index contributed by atoms with van der Waals surface area (Å²) in [6.07, 6.45) is -3.53. The second kappa shape index (κ2) is 6.16. The lowest BCUT2D eigenvalue weighted by Gasteiger charge is -2.25. The maximum absolute atomic E-state index is 12.4. The van der Waals surface area contributed by atoms with Crippen LogP contribution in [0, 0.1) is 0 Å². The fourth-order valence-corrected chi connectivity index (χ4v) is 2.51. The Kier molecular flexibility index (Phi) is 4.18. The van der Waals surface area contributed by atoms with E-state index in [0.29, 0.717) is 31.8 Å². The maximum atomic E-state index is 12.4. The van der Waals surface area contributed by atoms with Gasteiger partial charge in [0.2, 0.25) is 0 Å². The molecular formula is C15H13F3N2O4. The number of benzene rings is 1. The highest BCUT2D eigenvalue weighted by molar-refractivity contribution is 6.44. The zero-order valence-corrected chi connectivity index (χ0v) is 12.4. The zero-order valence-electron chi connectivity index (χ0n) is 12.4. The topological polar surface area (TPSA) is 71.6 Å². The van der Waals surface area contributed by atoms with Crippen LogP contribution in [0.3, 0.4) is 0 Å². The van der Waals surface area contributed by atoms with Gasteiger partial charge in [0.25, 0.3) is 11.7 Å². The number of carbonyl (C=O) groups excluding carboxylic acids is 2. The number of Topliss-reactive ketones (excluding diaryl/α,β-unsaturated/α-hetero) is 1. The number of morpholine rings is 1. The van der Waals surface area contributed by atoms with Crippen molar-refractivity contribution in [3.05, 3.63) is 30.0 Å². The minimum atomic E-state index is -4.84. The van der Waals surface area contributed by atoms with Crippen LogP contribution >= 0.6 is 0 Å². The molecule has 1 N–H and O–H groups in total. The first-order chi connectivity index (χ1) is 11.3. The smallest absolute Gasteiger partial charge is 0.406 e. The number of ether oxygens (including phenoxy) is 2. The van der Waals surface area contributed by atoms with Crippen LogP contribution in [0.1, 0.15) is 10.4 Å². The number of halogens is 3. The number of carbonyl (C=O) groups is 2. The molecule has 0 radical (unpaired) electrons. The largest absolute Gasteiger partial charge is 0.573 e. The summed E-state index contributed by atoms with van der Waals surface area (Å²) in [5.41, 5.74) is 0.441. The number of hydrogen-bond acceptors (Lipinski definition) is 4. The summed E-state index contributed by atoms with van der Waals surface area (Å²) in [7, 11) is 0. The highest BCUT2D eigenvalue weighted by atomic mass is 19.4. The van der Waals surface area contributed by atoms with Crippen molar-refractivity contribution in [3.63, 3.8) is 0 Å². The highest BCUT2D eigenvalue weighted by Gasteiger charge is 2.32. The van der Waals surface area contributed by atoms with Gasteiger partial charge in [0.15, 0.2) is 0 Å². The Morgan fingerprint density at radius 3 is 2.58 bits per heavy atom. The minimum Gasteiger partial charge on any atom is -0.406 e. The monoisotopic (exact) mass is 342 g/mol. The molecule has 1 amide bonds. The van der Waals surface area contributed by atoms with Gasteiger partial charge in [-0.25, -0.2) is 0 Å². The molecule has 1 saturated heterocycles. The molecular weight excluding hydrogens is 329 g/mol. The second-order valence-electron chi connectivity index (χ2n) is 5.19. The zero-order chi connectivity index (χ0) is 17.3. The lowest BCUT2D eigenvalue weighted by atomic mass is 10.1. The molecule has 0 bridgehead atoms. The molecule has 0 aliphatic carbocycles. The van der Waals surface area contributed by atoms with E-state index < -0.39 is 23.8 Å².